The lowest BCUT2D eigenvalue weighted by Crippen LogP contribution is -2.41. The molecule has 0 saturated heterocycles. The number of carbonyl (C=O) groups is 1. The first-order valence-corrected chi connectivity index (χ1v) is 10.3. The average Bonchev–Trinajstić information content (AvgIpc) is 2.59. The fraction of sp³-hybridized carbons (Fsp3) is 0.316. The number of nitrogens with one attached hydrogen (secondary N) is 2. The fourth-order valence-electron chi connectivity index (χ4n) is 2.39. The van der Waals surface area contributed by atoms with E-state index in [4.69, 9.17) is 16.3 Å². The molecule has 1 atom stereocenters. The van der Waals surface area contributed by atoms with Gasteiger partial charge < -0.3 is 10.1 Å². The van der Waals surface area contributed by atoms with E-state index in [1.165, 1.54) is 25.1 Å². The molecule has 8 heteroatoms. The van der Waals surface area contributed by atoms with Gasteiger partial charge in [-0.05, 0) is 63.1 Å². The lowest BCUT2D eigenvalue weighted by molar-refractivity contribution is -0.117. The van der Waals surface area contributed by atoms with Crippen LogP contribution < -0.4 is 14.8 Å². The topological polar surface area (TPSA) is 84.5 Å². The third kappa shape index (κ3) is 5.45. The first-order valence-electron chi connectivity index (χ1n) is 8.47. The van der Waals surface area contributed by atoms with Crippen LogP contribution in [0.3, 0.4) is 0 Å². The third-order valence-corrected chi connectivity index (χ3v) is 5.72. The molecule has 0 saturated carbocycles. The standard InChI is InChI=1S/C19H23ClN2O4S/c1-5-26-18-9-8-15(11-16(18)20)27(24,25)22-14(4)19(23)21-17-10-12(2)6-7-13(17)3/h6-11,14,22H,5H2,1-4H3,(H,21,23)/t14-/m1/s1. The van der Waals surface area contributed by atoms with E-state index in [9.17, 15) is 13.2 Å². The average molecular weight is 411 g/mol. The largest absolute Gasteiger partial charge is 0.492 e. The predicted molar refractivity (Wildman–Crippen MR) is 107 cm³/mol. The van der Waals surface area contributed by atoms with Crippen LogP contribution >= 0.6 is 11.6 Å². The molecule has 146 valence electrons. The molecule has 2 aromatic carbocycles. The van der Waals surface area contributed by atoms with E-state index in [0.717, 1.165) is 11.1 Å². The quantitative estimate of drug-likeness (QED) is 0.729. The van der Waals surface area contributed by atoms with Gasteiger partial charge in [-0.25, -0.2) is 8.42 Å². The number of halogens is 1. The van der Waals surface area contributed by atoms with Crippen molar-refractivity contribution in [3.05, 3.63) is 52.5 Å². The van der Waals surface area contributed by atoms with Crippen LogP contribution in [0.25, 0.3) is 0 Å². The van der Waals surface area contributed by atoms with Crippen molar-refractivity contribution < 1.29 is 17.9 Å². The Bertz CT molecular complexity index is 945. The van der Waals surface area contributed by atoms with Crippen molar-refractivity contribution in [3.8, 4) is 5.75 Å². The zero-order valence-electron chi connectivity index (χ0n) is 15.7. The van der Waals surface area contributed by atoms with Gasteiger partial charge in [0.2, 0.25) is 15.9 Å². The summed E-state index contributed by atoms with van der Waals surface area (Å²) in [6.45, 7) is 7.48. The van der Waals surface area contributed by atoms with Crippen LogP contribution in [0.4, 0.5) is 5.69 Å². The van der Waals surface area contributed by atoms with Gasteiger partial charge in [0.25, 0.3) is 0 Å². The Kier molecular flexibility index (Phi) is 6.86. The fourth-order valence-corrected chi connectivity index (χ4v) is 3.92. The normalized spacial score (nSPS) is 12.5. The van der Waals surface area contributed by atoms with Gasteiger partial charge in [-0.1, -0.05) is 23.7 Å². The summed E-state index contributed by atoms with van der Waals surface area (Å²) in [4.78, 5) is 12.4. The van der Waals surface area contributed by atoms with Gasteiger partial charge in [0.05, 0.1) is 22.6 Å². The molecule has 0 bridgehead atoms. The van der Waals surface area contributed by atoms with Crippen molar-refractivity contribution in [3.63, 3.8) is 0 Å². The first kappa shape index (κ1) is 21.2. The van der Waals surface area contributed by atoms with Crippen LogP contribution in [-0.4, -0.2) is 27.0 Å². The van der Waals surface area contributed by atoms with E-state index in [-0.39, 0.29) is 9.92 Å². The highest BCUT2D eigenvalue weighted by atomic mass is 35.5. The predicted octanol–water partition coefficient (Wildman–Crippen LogP) is 3.66. The molecule has 0 aliphatic rings. The van der Waals surface area contributed by atoms with E-state index >= 15 is 0 Å². The lowest BCUT2D eigenvalue weighted by Gasteiger charge is -2.16. The Morgan fingerprint density at radius 2 is 1.89 bits per heavy atom. The smallest absolute Gasteiger partial charge is 0.242 e. The maximum Gasteiger partial charge on any atom is 0.242 e. The zero-order valence-corrected chi connectivity index (χ0v) is 17.2. The number of benzene rings is 2. The number of amides is 1. The monoisotopic (exact) mass is 410 g/mol. The van der Waals surface area contributed by atoms with Gasteiger partial charge in [0.1, 0.15) is 5.75 Å². The molecule has 0 aliphatic carbocycles. The van der Waals surface area contributed by atoms with Gasteiger partial charge in [-0.3, -0.25) is 4.79 Å². The Hall–Kier alpha value is -2.09. The Balaban J connectivity index is 2.13. The van der Waals surface area contributed by atoms with Crippen LogP contribution in [0.2, 0.25) is 5.02 Å². The van der Waals surface area contributed by atoms with Gasteiger partial charge in [0.15, 0.2) is 0 Å². The molecule has 0 aliphatic heterocycles. The van der Waals surface area contributed by atoms with Crippen LogP contribution in [0.1, 0.15) is 25.0 Å². The number of aryl methyl sites for hydroxylation is 2. The third-order valence-electron chi connectivity index (χ3n) is 3.89. The van der Waals surface area contributed by atoms with Crippen molar-refractivity contribution in [1.29, 1.82) is 0 Å². The summed E-state index contributed by atoms with van der Waals surface area (Å²) in [6.07, 6.45) is 0. The van der Waals surface area contributed by atoms with Gasteiger partial charge in [-0.15, -0.1) is 0 Å². The molecule has 0 spiro atoms. The Morgan fingerprint density at radius 3 is 2.52 bits per heavy atom. The molecule has 0 radical (unpaired) electrons. The van der Waals surface area contributed by atoms with Gasteiger partial charge >= 0.3 is 0 Å². The van der Waals surface area contributed by atoms with Crippen molar-refractivity contribution >= 4 is 33.2 Å². The molecule has 2 rings (SSSR count). The number of hydrogen-bond donors (Lipinski definition) is 2. The second-order valence-electron chi connectivity index (χ2n) is 6.18. The first-order chi connectivity index (χ1) is 12.6. The molecule has 2 aromatic rings. The van der Waals surface area contributed by atoms with Crippen LogP contribution in [0, 0.1) is 13.8 Å². The zero-order chi connectivity index (χ0) is 20.2. The SMILES string of the molecule is CCOc1ccc(S(=O)(=O)N[C@H](C)C(=O)Nc2cc(C)ccc2C)cc1Cl. The number of rotatable bonds is 7. The minimum absolute atomic E-state index is 0.0395. The Labute approximate surface area is 164 Å². The number of sulfonamides is 1. The number of hydrogen-bond acceptors (Lipinski definition) is 4. The molecule has 6 nitrogen and oxygen atoms in total. The molecule has 0 unspecified atom stereocenters. The summed E-state index contributed by atoms with van der Waals surface area (Å²) in [5, 5.41) is 2.94. The second-order valence-corrected chi connectivity index (χ2v) is 8.30. The molecule has 0 fully saturated rings. The van der Waals surface area contributed by atoms with E-state index in [1.54, 1.807) is 6.92 Å². The molecule has 2 N–H and O–H groups in total. The van der Waals surface area contributed by atoms with E-state index < -0.39 is 22.0 Å². The van der Waals surface area contributed by atoms with Crippen LogP contribution in [-0.2, 0) is 14.8 Å². The number of carbonyl (C=O) groups excluding carboxylic acids is 1. The summed E-state index contributed by atoms with van der Waals surface area (Å²) in [6, 6.07) is 8.86. The minimum atomic E-state index is -3.92. The summed E-state index contributed by atoms with van der Waals surface area (Å²) in [7, 11) is -3.92. The molecular weight excluding hydrogens is 388 g/mol. The highest BCUT2D eigenvalue weighted by molar-refractivity contribution is 7.89. The van der Waals surface area contributed by atoms with Crippen molar-refractivity contribution in [2.45, 2.75) is 38.6 Å². The maximum absolute atomic E-state index is 12.6. The van der Waals surface area contributed by atoms with E-state index in [2.05, 4.69) is 10.0 Å². The van der Waals surface area contributed by atoms with Crippen molar-refractivity contribution in [2.24, 2.45) is 0 Å². The van der Waals surface area contributed by atoms with E-state index in [1.807, 2.05) is 32.0 Å². The molecule has 0 aromatic heterocycles. The van der Waals surface area contributed by atoms with Crippen molar-refractivity contribution in [2.75, 3.05) is 11.9 Å². The number of ether oxygens (including phenoxy) is 1. The summed E-state index contributed by atoms with van der Waals surface area (Å²) in [5.41, 5.74) is 2.53. The van der Waals surface area contributed by atoms with Crippen LogP contribution in [0.15, 0.2) is 41.3 Å². The van der Waals surface area contributed by atoms with Crippen molar-refractivity contribution in [1.82, 2.24) is 4.72 Å². The second kappa shape index (κ2) is 8.73. The molecular formula is C19H23ClN2O4S. The molecule has 27 heavy (non-hydrogen) atoms. The molecule has 0 heterocycles. The summed E-state index contributed by atoms with van der Waals surface area (Å²) < 4.78 is 32.8. The Morgan fingerprint density at radius 1 is 1.19 bits per heavy atom. The van der Waals surface area contributed by atoms with Gasteiger partial charge in [-0.2, -0.15) is 4.72 Å². The van der Waals surface area contributed by atoms with Gasteiger partial charge in [0, 0.05) is 5.69 Å². The highest BCUT2D eigenvalue weighted by Crippen LogP contribution is 2.27. The summed E-state index contributed by atoms with van der Waals surface area (Å²) in [5.74, 6) is -0.0526. The molecule has 1 amide bonds. The number of anilines is 1. The van der Waals surface area contributed by atoms with Crippen LogP contribution in [0.5, 0.6) is 5.75 Å². The summed E-state index contributed by atoms with van der Waals surface area (Å²) >= 11 is 6.06. The lowest BCUT2D eigenvalue weighted by atomic mass is 10.1. The minimum Gasteiger partial charge on any atom is -0.492 e. The maximum atomic E-state index is 12.6. The highest BCUT2D eigenvalue weighted by Gasteiger charge is 2.23. The van der Waals surface area contributed by atoms with E-state index in [0.29, 0.717) is 18.0 Å².